The van der Waals surface area contributed by atoms with Crippen LogP contribution in [0.1, 0.15) is 30.4 Å². The smallest absolute Gasteiger partial charge is 0.225 e. The van der Waals surface area contributed by atoms with Gasteiger partial charge >= 0.3 is 0 Å². The summed E-state index contributed by atoms with van der Waals surface area (Å²) in [7, 11) is 0. The van der Waals surface area contributed by atoms with Crippen molar-refractivity contribution in [3.8, 4) is 0 Å². The first-order valence-electron chi connectivity index (χ1n) is 7.09. The Bertz CT molecular complexity index is 492. The van der Waals surface area contributed by atoms with Crippen LogP contribution in [-0.2, 0) is 11.3 Å². The van der Waals surface area contributed by atoms with Crippen LogP contribution >= 0.6 is 12.4 Å². The molecule has 4 unspecified atom stereocenters. The Balaban J connectivity index is 0.00000147. The Morgan fingerprint density at radius 3 is 2.85 bits per heavy atom. The van der Waals surface area contributed by atoms with Gasteiger partial charge in [-0.15, -0.1) is 12.4 Å². The second kappa shape index (κ2) is 6.10. The molecule has 3 rings (SSSR count). The van der Waals surface area contributed by atoms with E-state index >= 15 is 0 Å². The lowest BCUT2D eigenvalue weighted by atomic mass is 9.84. The average molecular weight is 296 g/mol. The Hall–Kier alpha value is -1.13. The number of aromatic nitrogens is 1. The maximum absolute atomic E-state index is 12.3. The van der Waals surface area contributed by atoms with E-state index in [0.717, 1.165) is 17.5 Å². The minimum Gasteiger partial charge on any atom is -0.352 e. The molecule has 2 fully saturated rings. The topological polar surface area (TPSA) is 68.0 Å². The molecule has 1 heterocycles. The number of carbonyl (C=O) groups is 1. The minimum atomic E-state index is 0. The molecule has 3 N–H and O–H groups in total. The summed E-state index contributed by atoms with van der Waals surface area (Å²) in [5.74, 6) is 1.25. The molecule has 2 bridgehead atoms. The zero-order chi connectivity index (χ0) is 13.4. The predicted octanol–water partition coefficient (Wildman–Crippen LogP) is 1.80. The summed E-state index contributed by atoms with van der Waals surface area (Å²) in [5.41, 5.74) is 8.43. The van der Waals surface area contributed by atoms with E-state index in [-0.39, 0.29) is 30.3 Å². The summed E-state index contributed by atoms with van der Waals surface area (Å²) in [6.45, 7) is 2.59. The lowest BCUT2D eigenvalue weighted by Gasteiger charge is -2.27. The van der Waals surface area contributed by atoms with Gasteiger partial charge in [0.05, 0.1) is 5.92 Å². The molecule has 110 valence electrons. The van der Waals surface area contributed by atoms with Crippen LogP contribution < -0.4 is 11.1 Å². The van der Waals surface area contributed by atoms with Crippen LogP contribution in [0.4, 0.5) is 0 Å². The van der Waals surface area contributed by atoms with E-state index in [1.54, 1.807) is 6.20 Å². The standard InChI is InChI=1S/C15H21N3O.ClH/c1-9-7-17-5-4-12(9)8-18-15(19)13-10-2-3-11(6-10)14(13)16;/h4-5,7,10-11,13-14H,2-3,6,8,16H2,1H3,(H,18,19);1H. The van der Waals surface area contributed by atoms with Crippen molar-refractivity contribution in [3.05, 3.63) is 29.6 Å². The number of nitrogens with two attached hydrogens (primary N) is 1. The fraction of sp³-hybridized carbons (Fsp3) is 0.600. The van der Waals surface area contributed by atoms with E-state index in [1.165, 1.54) is 12.8 Å². The van der Waals surface area contributed by atoms with Crippen molar-refractivity contribution in [2.24, 2.45) is 23.5 Å². The first-order valence-corrected chi connectivity index (χ1v) is 7.09. The van der Waals surface area contributed by atoms with Crippen molar-refractivity contribution in [1.29, 1.82) is 0 Å². The van der Waals surface area contributed by atoms with Crippen LogP contribution in [0.2, 0.25) is 0 Å². The quantitative estimate of drug-likeness (QED) is 0.893. The lowest BCUT2D eigenvalue weighted by molar-refractivity contribution is -0.127. The van der Waals surface area contributed by atoms with Gasteiger partial charge in [0.25, 0.3) is 0 Å². The number of fused-ring (bicyclic) bond motifs is 2. The summed E-state index contributed by atoms with van der Waals surface area (Å²) < 4.78 is 0. The number of amides is 1. The van der Waals surface area contributed by atoms with Crippen LogP contribution in [0, 0.1) is 24.7 Å². The number of halogens is 1. The number of carbonyl (C=O) groups excluding carboxylic acids is 1. The van der Waals surface area contributed by atoms with Crippen LogP contribution in [0.3, 0.4) is 0 Å². The van der Waals surface area contributed by atoms with Gasteiger partial charge < -0.3 is 11.1 Å². The number of hydrogen-bond acceptors (Lipinski definition) is 3. The first kappa shape index (κ1) is 15.3. The molecule has 1 aromatic rings. The van der Waals surface area contributed by atoms with Crippen molar-refractivity contribution < 1.29 is 4.79 Å². The average Bonchev–Trinajstić information content (AvgIpc) is 2.98. The van der Waals surface area contributed by atoms with E-state index in [0.29, 0.717) is 18.4 Å². The molecule has 2 aliphatic carbocycles. The molecule has 2 aliphatic rings. The number of aryl methyl sites for hydroxylation is 1. The van der Waals surface area contributed by atoms with Gasteiger partial charge in [0.1, 0.15) is 0 Å². The summed E-state index contributed by atoms with van der Waals surface area (Å²) >= 11 is 0. The molecular weight excluding hydrogens is 274 g/mol. The molecule has 1 aromatic heterocycles. The summed E-state index contributed by atoms with van der Waals surface area (Å²) in [6, 6.07) is 2.02. The molecular formula is C15H22ClN3O. The van der Waals surface area contributed by atoms with Crippen molar-refractivity contribution in [2.45, 2.75) is 38.8 Å². The monoisotopic (exact) mass is 295 g/mol. The van der Waals surface area contributed by atoms with Gasteiger partial charge in [-0.25, -0.2) is 0 Å². The van der Waals surface area contributed by atoms with Crippen molar-refractivity contribution in [3.63, 3.8) is 0 Å². The molecule has 0 spiro atoms. The van der Waals surface area contributed by atoms with E-state index in [4.69, 9.17) is 5.73 Å². The minimum absolute atomic E-state index is 0. The van der Waals surface area contributed by atoms with Gasteiger partial charge in [-0.05, 0) is 55.2 Å². The summed E-state index contributed by atoms with van der Waals surface area (Å²) in [5, 5.41) is 3.05. The van der Waals surface area contributed by atoms with E-state index < -0.39 is 0 Å². The zero-order valence-corrected chi connectivity index (χ0v) is 12.5. The zero-order valence-electron chi connectivity index (χ0n) is 11.7. The van der Waals surface area contributed by atoms with Gasteiger partial charge in [0.2, 0.25) is 5.91 Å². The highest BCUT2D eigenvalue weighted by molar-refractivity contribution is 5.85. The number of pyridine rings is 1. The highest BCUT2D eigenvalue weighted by Gasteiger charge is 2.48. The maximum Gasteiger partial charge on any atom is 0.225 e. The van der Waals surface area contributed by atoms with E-state index in [2.05, 4.69) is 10.3 Å². The summed E-state index contributed by atoms with van der Waals surface area (Å²) in [4.78, 5) is 16.4. The number of nitrogens with one attached hydrogen (secondary N) is 1. The van der Waals surface area contributed by atoms with Crippen LogP contribution in [0.5, 0.6) is 0 Å². The molecule has 20 heavy (non-hydrogen) atoms. The highest BCUT2D eigenvalue weighted by Crippen LogP contribution is 2.47. The Labute approximate surface area is 125 Å². The Morgan fingerprint density at radius 1 is 1.45 bits per heavy atom. The van der Waals surface area contributed by atoms with Gasteiger partial charge in [-0.2, -0.15) is 0 Å². The van der Waals surface area contributed by atoms with Gasteiger partial charge in [-0.3, -0.25) is 9.78 Å². The maximum atomic E-state index is 12.3. The highest BCUT2D eigenvalue weighted by atomic mass is 35.5. The van der Waals surface area contributed by atoms with Gasteiger partial charge in [-0.1, -0.05) is 0 Å². The fourth-order valence-electron chi connectivity index (χ4n) is 3.73. The Kier molecular flexibility index (Phi) is 4.66. The third kappa shape index (κ3) is 2.67. The number of nitrogens with zero attached hydrogens (tertiary/aromatic N) is 1. The molecule has 0 saturated heterocycles. The van der Waals surface area contributed by atoms with Crippen LogP contribution in [0.15, 0.2) is 18.5 Å². The third-order valence-electron chi connectivity index (χ3n) is 4.87. The molecule has 1 amide bonds. The van der Waals surface area contributed by atoms with Crippen LogP contribution in [-0.4, -0.2) is 16.9 Å². The molecule has 0 aliphatic heterocycles. The molecule has 4 nitrogen and oxygen atoms in total. The summed E-state index contributed by atoms with van der Waals surface area (Å²) in [6.07, 6.45) is 7.11. The molecule has 5 heteroatoms. The van der Waals surface area contributed by atoms with Crippen molar-refractivity contribution >= 4 is 18.3 Å². The normalized spacial score (nSPS) is 30.9. The van der Waals surface area contributed by atoms with Crippen molar-refractivity contribution in [2.75, 3.05) is 0 Å². The first-order chi connectivity index (χ1) is 9.16. The molecule has 0 aromatic carbocycles. The third-order valence-corrected chi connectivity index (χ3v) is 4.87. The molecule has 2 saturated carbocycles. The molecule has 0 radical (unpaired) electrons. The largest absolute Gasteiger partial charge is 0.352 e. The molecule has 4 atom stereocenters. The second-order valence-corrected chi connectivity index (χ2v) is 5.96. The van der Waals surface area contributed by atoms with Gasteiger partial charge in [0.15, 0.2) is 0 Å². The van der Waals surface area contributed by atoms with Gasteiger partial charge in [0, 0.05) is 25.0 Å². The SMILES string of the molecule is Cc1cnccc1CNC(=O)C1C2CCC(C2)C1N.Cl. The van der Waals surface area contributed by atoms with E-state index in [9.17, 15) is 4.79 Å². The Morgan fingerprint density at radius 2 is 2.20 bits per heavy atom. The number of rotatable bonds is 3. The second-order valence-electron chi connectivity index (χ2n) is 5.96. The number of hydrogen-bond donors (Lipinski definition) is 2. The van der Waals surface area contributed by atoms with Crippen LogP contribution in [0.25, 0.3) is 0 Å². The lowest BCUT2D eigenvalue weighted by Crippen LogP contribution is -2.45. The van der Waals surface area contributed by atoms with Crippen molar-refractivity contribution in [1.82, 2.24) is 10.3 Å². The predicted molar refractivity (Wildman–Crippen MR) is 80.4 cm³/mol. The van der Waals surface area contributed by atoms with E-state index in [1.807, 2.05) is 19.2 Å². The fourth-order valence-corrected chi connectivity index (χ4v) is 3.73.